The molecule has 1 aromatic carbocycles. The Kier molecular flexibility index (Phi) is 28.8. The van der Waals surface area contributed by atoms with Gasteiger partial charge in [-0.2, -0.15) is 11.8 Å². The number of ketones is 2. The summed E-state index contributed by atoms with van der Waals surface area (Å²) in [7, 11) is 0. The summed E-state index contributed by atoms with van der Waals surface area (Å²) in [6, 6.07) is -1.94. The highest BCUT2D eigenvalue weighted by Crippen LogP contribution is 2.24. The van der Waals surface area contributed by atoms with E-state index in [0.717, 1.165) is 0 Å². The third-order valence-corrected chi connectivity index (χ3v) is 12.6. The highest BCUT2D eigenvalue weighted by molar-refractivity contribution is 7.98. The number of guanidine groups is 2. The van der Waals surface area contributed by atoms with Crippen molar-refractivity contribution in [3.63, 3.8) is 0 Å². The van der Waals surface area contributed by atoms with Crippen molar-refractivity contribution in [2.45, 2.75) is 141 Å². The van der Waals surface area contributed by atoms with Crippen LogP contribution < -0.4 is 59.6 Å². The molecule has 0 bridgehead atoms. The van der Waals surface area contributed by atoms with Gasteiger partial charge in [-0.25, -0.2) is 21.3 Å². The predicted octanol–water partition coefficient (Wildman–Crippen LogP) is -1.13. The standard InChI is InChI=1S/C47H80N14O9S/c1-28(2)24-37(59-54-20-22-62)45(70)56-34(17-23-71-6)42(67)40(55-32(26-63)10-7-18-52-46(48)49)30(5)41(66)39-12-9-21-61(39)60-35(11-8-19-53-47(50)51)43(68)57-36(25-31-13-15-33(65)16-14-31)44(69)58-38(27-64)29(3)4/h13-16,22,26-30,32,34-40,54-55,59-60,65H,7-12,17-21,23-25H2,1-6H3,(H,56,70)(H,57,68)(H,58,69)(H4,48,49,52)(H4,50,51,53)/t30?,32-,34-,35-,36-,37-,38+,39-,40?/m0/s1. The van der Waals surface area contributed by atoms with E-state index in [2.05, 4.69) is 48.2 Å². The highest BCUT2D eigenvalue weighted by atomic mass is 32.2. The molecule has 71 heavy (non-hydrogen) atoms. The molecule has 0 aliphatic carbocycles. The van der Waals surface area contributed by atoms with Crippen molar-refractivity contribution < 1.29 is 43.5 Å². The van der Waals surface area contributed by atoms with Gasteiger partial charge in [-0.15, -0.1) is 0 Å². The Bertz CT molecular complexity index is 1890. The Morgan fingerprint density at radius 3 is 1.99 bits per heavy atom. The minimum Gasteiger partial charge on any atom is -0.508 e. The van der Waals surface area contributed by atoms with Crippen LogP contribution in [0, 0.1) is 28.6 Å². The summed E-state index contributed by atoms with van der Waals surface area (Å²) < 4.78 is 0. The first kappa shape index (κ1) is 61.6. The third kappa shape index (κ3) is 22.6. The third-order valence-electron chi connectivity index (χ3n) is 12.0. The monoisotopic (exact) mass is 1020 g/mol. The van der Waals surface area contributed by atoms with Crippen molar-refractivity contribution in [1.82, 2.24) is 53.2 Å². The van der Waals surface area contributed by atoms with Crippen LogP contribution in [0.1, 0.15) is 91.5 Å². The lowest BCUT2D eigenvalue weighted by atomic mass is 9.85. The van der Waals surface area contributed by atoms with Crippen molar-refractivity contribution in [2.24, 2.45) is 29.2 Å². The van der Waals surface area contributed by atoms with Crippen LogP contribution in [0.2, 0.25) is 0 Å². The topological polar surface area (TPSA) is 368 Å². The summed E-state index contributed by atoms with van der Waals surface area (Å²) in [5.41, 5.74) is 20.4. The van der Waals surface area contributed by atoms with Gasteiger partial charge in [-0.05, 0) is 92.9 Å². The molecule has 1 aliphatic rings. The van der Waals surface area contributed by atoms with E-state index in [1.807, 2.05) is 20.1 Å². The molecule has 0 radical (unpaired) electrons. The molecule has 1 fully saturated rings. The average Bonchev–Trinajstić information content (AvgIpc) is 3.79. The van der Waals surface area contributed by atoms with Gasteiger partial charge in [0, 0.05) is 32.0 Å². The van der Waals surface area contributed by atoms with E-state index in [1.54, 1.807) is 37.9 Å². The summed E-state index contributed by atoms with van der Waals surface area (Å²) in [6.07, 6.45) is 6.23. The normalized spacial score (nSPS) is 17.1. The van der Waals surface area contributed by atoms with Crippen LogP contribution in [0.3, 0.4) is 0 Å². The number of aromatic hydroxyl groups is 1. The number of nitrogens with zero attached hydrogens (tertiary/aromatic N) is 1. The fraction of sp³-hybridized carbons (Fsp3) is 0.660. The van der Waals surface area contributed by atoms with Crippen LogP contribution in [0.25, 0.3) is 0 Å². The molecule has 16 N–H and O–H groups in total. The van der Waals surface area contributed by atoms with Crippen molar-refractivity contribution in [2.75, 3.05) is 38.2 Å². The van der Waals surface area contributed by atoms with Crippen molar-refractivity contribution >= 4 is 71.8 Å². The van der Waals surface area contributed by atoms with Gasteiger partial charge < -0.3 is 57.5 Å². The second-order valence-corrected chi connectivity index (χ2v) is 19.5. The number of carbonyl (C=O) groups excluding carboxylic acids is 8. The van der Waals surface area contributed by atoms with Crippen LogP contribution in [-0.4, -0.2) is 157 Å². The molecule has 1 aromatic rings. The largest absolute Gasteiger partial charge is 0.508 e. The fourth-order valence-electron chi connectivity index (χ4n) is 8.02. The first-order valence-electron chi connectivity index (χ1n) is 24.3. The fourth-order valence-corrected chi connectivity index (χ4v) is 8.49. The zero-order valence-electron chi connectivity index (χ0n) is 42.0. The minimum absolute atomic E-state index is 0.00423. The van der Waals surface area contributed by atoms with Gasteiger partial charge in [0.15, 0.2) is 23.5 Å². The second kappa shape index (κ2) is 33.2. The van der Waals surface area contributed by atoms with Gasteiger partial charge in [-0.3, -0.25) is 40.1 Å². The Balaban J connectivity index is 2.56. The number of hydrazine groups is 2. The van der Waals surface area contributed by atoms with E-state index >= 15 is 0 Å². The SMILES string of the molecule is CSCC[C@H](NC(=O)[C@H](CC(C)C)NNCC=O)C(=O)C(N[C@H](C=O)CCCNC(=N)N)C(C)C(=O)[C@@H]1CCCN1N[C@@H](CCCNC(=N)N)C(=O)N[C@@H](Cc1ccc(O)cc1)C(=O)N[C@H](C=O)C(C)C. The van der Waals surface area contributed by atoms with E-state index in [9.17, 15) is 43.5 Å². The Morgan fingerprint density at radius 2 is 1.42 bits per heavy atom. The van der Waals surface area contributed by atoms with E-state index in [-0.39, 0.29) is 80.6 Å². The van der Waals surface area contributed by atoms with Crippen molar-refractivity contribution in [3.05, 3.63) is 29.8 Å². The summed E-state index contributed by atoms with van der Waals surface area (Å²) in [4.78, 5) is 107. The molecule has 398 valence electrons. The first-order valence-corrected chi connectivity index (χ1v) is 25.7. The lowest BCUT2D eigenvalue weighted by molar-refractivity contribution is -0.137. The van der Waals surface area contributed by atoms with Gasteiger partial charge in [0.25, 0.3) is 0 Å². The number of rotatable bonds is 37. The number of phenolic OH excluding ortho intramolecular Hbond substituents is 1. The number of carbonyl (C=O) groups is 8. The molecular formula is C47H80N14O9S. The zero-order valence-corrected chi connectivity index (χ0v) is 42.8. The molecule has 2 rings (SSSR count). The van der Waals surface area contributed by atoms with Gasteiger partial charge in [-0.1, -0.05) is 46.8 Å². The number of Topliss-reactive ketones (excluding diaryl/α,β-unsaturated/α-hetero) is 2. The molecule has 23 nitrogen and oxygen atoms in total. The summed E-state index contributed by atoms with van der Waals surface area (Å²) in [6.45, 7) is 9.71. The van der Waals surface area contributed by atoms with Gasteiger partial charge in [0.1, 0.15) is 42.7 Å². The zero-order chi connectivity index (χ0) is 53.0. The molecular weight excluding hydrogens is 937 g/mol. The molecule has 0 saturated carbocycles. The number of phenols is 1. The molecule has 24 heteroatoms. The van der Waals surface area contributed by atoms with Crippen LogP contribution in [0.4, 0.5) is 0 Å². The summed E-state index contributed by atoms with van der Waals surface area (Å²) in [5, 5.41) is 43.6. The number of nitrogens with two attached hydrogens (primary N) is 2. The van der Waals surface area contributed by atoms with E-state index in [0.29, 0.717) is 68.8 Å². The Morgan fingerprint density at radius 1 is 0.817 bits per heavy atom. The smallest absolute Gasteiger partial charge is 0.243 e. The molecule has 0 aromatic heterocycles. The minimum atomic E-state index is -1.28. The van der Waals surface area contributed by atoms with Crippen LogP contribution in [0.5, 0.6) is 5.75 Å². The Labute approximate surface area is 421 Å². The second-order valence-electron chi connectivity index (χ2n) is 18.5. The lowest BCUT2D eigenvalue weighted by Crippen LogP contribution is -2.61. The predicted molar refractivity (Wildman–Crippen MR) is 273 cm³/mol. The molecule has 3 amide bonds. The van der Waals surface area contributed by atoms with E-state index in [4.69, 9.17) is 22.3 Å². The number of aldehydes is 3. The summed E-state index contributed by atoms with van der Waals surface area (Å²) >= 11 is 1.46. The van der Waals surface area contributed by atoms with Crippen LogP contribution >= 0.6 is 11.8 Å². The lowest BCUT2D eigenvalue weighted by Gasteiger charge is -2.34. The maximum atomic E-state index is 14.9. The number of hydrogen-bond donors (Lipinski definition) is 14. The molecule has 2 unspecified atom stereocenters. The van der Waals surface area contributed by atoms with Gasteiger partial charge in [0.2, 0.25) is 17.7 Å². The number of thioether (sulfide) groups is 1. The average molecular weight is 1020 g/mol. The number of benzene rings is 1. The van der Waals surface area contributed by atoms with E-state index in [1.165, 1.54) is 23.9 Å². The number of amides is 3. The number of hydrogen-bond acceptors (Lipinski definition) is 17. The highest BCUT2D eigenvalue weighted by Gasteiger charge is 2.42. The van der Waals surface area contributed by atoms with Gasteiger partial charge >= 0.3 is 0 Å². The van der Waals surface area contributed by atoms with Gasteiger partial charge in [0.05, 0.1) is 36.8 Å². The van der Waals surface area contributed by atoms with E-state index < -0.39 is 77.8 Å². The summed E-state index contributed by atoms with van der Waals surface area (Å²) in [5.74, 6) is -3.95. The molecule has 1 saturated heterocycles. The Hall–Kier alpha value is -5.53. The maximum Gasteiger partial charge on any atom is 0.243 e. The van der Waals surface area contributed by atoms with Crippen LogP contribution in [-0.2, 0) is 44.8 Å². The maximum absolute atomic E-state index is 14.9. The quantitative estimate of drug-likeness (QED) is 0.0123. The first-order chi connectivity index (χ1) is 33.8. The molecule has 1 heterocycles. The van der Waals surface area contributed by atoms with Crippen molar-refractivity contribution in [1.29, 1.82) is 10.8 Å². The van der Waals surface area contributed by atoms with Crippen LogP contribution in [0.15, 0.2) is 24.3 Å². The molecule has 0 spiro atoms. The number of nitrogens with one attached hydrogen (secondary N) is 11. The molecule has 1 aliphatic heterocycles. The molecule has 9 atom stereocenters. The van der Waals surface area contributed by atoms with Crippen molar-refractivity contribution in [3.8, 4) is 5.75 Å².